The van der Waals surface area contributed by atoms with Crippen molar-refractivity contribution >= 4 is 5.97 Å². The van der Waals surface area contributed by atoms with Crippen LogP contribution in [-0.4, -0.2) is 41.2 Å². The number of rotatable bonds is 4. The van der Waals surface area contributed by atoms with Crippen molar-refractivity contribution in [2.24, 2.45) is 11.8 Å². The van der Waals surface area contributed by atoms with Crippen LogP contribution in [0, 0.1) is 11.8 Å². The highest BCUT2D eigenvalue weighted by Gasteiger charge is 2.40. The molecule has 2 aliphatic heterocycles. The van der Waals surface area contributed by atoms with Gasteiger partial charge < -0.3 is 30.1 Å². The molecule has 0 saturated heterocycles. The van der Waals surface area contributed by atoms with Gasteiger partial charge in [0, 0.05) is 30.2 Å². The van der Waals surface area contributed by atoms with Crippen molar-refractivity contribution in [3.05, 3.63) is 47.7 Å². The Labute approximate surface area is 151 Å². The van der Waals surface area contributed by atoms with E-state index in [1.54, 1.807) is 18.2 Å². The van der Waals surface area contributed by atoms with Gasteiger partial charge in [0.15, 0.2) is 11.5 Å². The number of aliphatic hydroxyl groups is 1. The summed E-state index contributed by atoms with van der Waals surface area (Å²) in [7, 11) is 1.30. The number of phenolic OH excluding ortho intramolecular Hbond substituents is 2. The van der Waals surface area contributed by atoms with E-state index in [-0.39, 0.29) is 23.5 Å². The van der Waals surface area contributed by atoms with E-state index in [1.807, 2.05) is 0 Å². The number of ether oxygens (including phenoxy) is 2. The van der Waals surface area contributed by atoms with Crippen LogP contribution in [0.3, 0.4) is 0 Å². The number of benzene rings is 1. The Balaban J connectivity index is 1.94. The molecule has 26 heavy (non-hydrogen) atoms. The standard InChI is InChI=1S/C19H23NO6/c1-3-11-13(14(18(23)25-2)9-26-19(11)24)7-15-12-8-17(22)16(21)6-10(12)4-5-20-15/h3,6,8-9,11,13,15,19-22,24H,1,4-5,7H2,2H3/p+1/t11-,13+,15+,19-/m1/s1. The highest BCUT2D eigenvalue weighted by Crippen LogP contribution is 2.39. The van der Waals surface area contributed by atoms with Crippen molar-refractivity contribution in [2.45, 2.75) is 25.2 Å². The summed E-state index contributed by atoms with van der Waals surface area (Å²) in [5.74, 6) is -1.60. The molecule has 0 amide bonds. The van der Waals surface area contributed by atoms with E-state index in [9.17, 15) is 20.1 Å². The SMILES string of the molecule is C=C[C@H]1[C@H](O)OC=C(C(=O)OC)[C@H]1C[C@@H]1[NH2+]CCc2cc(O)c(O)cc21. The summed E-state index contributed by atoms with van der Waals surface area (Å²) >= 11 is 0. The summed E-state index contributed by atoms with van der Waals surface area (Å²) in [5.41, 5.74) is 2.24. The maximum atomic E-state index is 12.2. The zero-order valence-electron chi connectivity index (χ0n) is 14.6. The first-order valence-corrected chi connectivity index (χ1v) is 8.58. The predicted octanol–water partition coefficient (Wildman–Crippen LogP) is 0.472. The average Bonchev–Trinajstić information content (AvgIpc) is 2.63. The lowest BCUT2D eigenvalue weighted by Crippen LogP contribution is -2.87. The molecule has 0 radical (unpaired) electrons. The van der Waals surface area contributed by atoms with Gasteiger partial charge in [-0.15, -0.1) is 6.58 Å². The number of fused-ring (bicyclic) bond motifs is 1. The van der Waals surface area contributed by atoms with Crippen LogP contribution in [0.25, 0.3) is 0 Å². The first kappa shape index (κ1) is 18.3. The van der Waals surface area contributed by atoms with Crippen LogP contribution in [-0.2, 0) is 20.7 Å². The smallest absolute Gasteiger partial charge is 0.337 e. The summed E-state index contributed by atoms with van der Waals surface area (Å²) in [5, 5.41) is 31.9. The number of hydrogen-bond acceptors (Lipinski definition) is 6. The number of aliphatic hydroxyl groups excluding tert-OH is 1. The van der Waals surface area contributed by atoms with Gasteiger partial charge in [0.25, 0.3) is 0 Å². The van der Waals surface area contributed by atoms with Crippen molar-refractivity contribution in [1.29, 1.82) is 0 Å². The molecule has 0 spiro atoms. The van der Waals surface area contributed by atoms with Crippen LogP contribution in [0.4, 0.5) is 0 Å². The van der Waals surface area contributed by atoms with Crippen molar-refractivity contribution in [3.8, 4) is 11.5 Å². The summed E-state index contributed by atoms with van der Waals surface area (Å²) in [4.78, 5) is 12.2. The molecule has 140 valence electrons. The first-order chi connectivity index (χ1) is 12.5. The van der Waals surface area contributed by atoms with Gasteiger partial charge in [0.05, 0.1) is 25.5 Å². The second-order valence-corrected chi connectivity index (χ2v) is 6.67. The van der Waals surface area contributed by atoms with Crippen molar-refractivity contribution in [1.82, 2.24) is 0 Å². The summed E-state index contributed by atoms with van der Waals surface area (Å²) in [6.45, 7) is 4.59. The zero-order chi connectivity index (χ0) is 18.8. The molecular formula is C19H24NO6+. The molecule has 5 N–H and O–H groups in total. The minimum atomic E-state index is -1.08. The average molecular weight is 362 g/mol. The number of aromatic hydroxyl groups is 2. The monoisotopic (exact) mass is 362 g/mol. The Morgan fingerprint density at radius 1 is 1.42 bits per heavy atom. The Morgan fingerprint density at radius 3 is 2.85 bits per heavy atom. The number of phenols is 2. The van der Waals surface area contributed by atoms with Gasteiger partial charge in [0.1, 0.15) is 6.04 Å². The molecule has 0 fully saturated rings. The van der Waals surface area contributed by atoms with Gasteiger partial charge in [-0.1, -0.05) is 6.08 Å². The lowest BCUT2D eigenvalue weighted by atomic mass is 9.77. The number of quaternary nitrogens is 1. The van der Waals surface area contributed by atoms with Gasteiger partial charge in [-0.2, -0.15) is 0 Å². The predicted molar refractivity (Wildman–Crippen MR) is 92.0 cm³/mol. The minimum absolute atomic E-state index is 0.0453. The van der Waals surface area contributed by atoms with E-state index in [1.165, 1.54) is 13.4 Å². The molecule has 0 aliphatic carbocycles. The van der Waals surface area contributed by atoms with E-state index in [2.05, 4.69) is 11.9 Å². The molecule has 0 bridgehead atoms. The highest BCUT2D eigenvalue weighted by atomic mass is 16.6. The van der Waals surface area contributed by atoms with Crippen molar-refractivity contribution in [2.75, 3.05) is 13.7 Å². The summed E-state index contributed by atoms with van der Waals surface area (Å²) in [6.07, 6.45) is 3.07. The third-order valence-corrected chi connectivity index (χ3v) is 5.23. The van der Waals surface area contributed by atoms with E-state index in [4.69, 9.17) is 9.47 Å². The molecule has 4 atom stereocenters. The molecule has 7 nitrogen and oxygen atoms in total. The maximum Gasteiger partial charge on any atom is 0.337 e. The molecule has 1 aromatic rings. The van der Waals surface area contributed by atoms with Gasteiger partial charge in [-0.25, -0.2) is 4.79 Å². The van der Waals surface area contributed by atoms with Crippen LogP contribution >= 0.6 is 0 Å². The number of carbonyl (C=O) groups excluding carboxylic acids is 1. The molecule has 3 rings (SSSR count). The topological polar surface area (TPSA) is 113 Å². The van der Waals surface area contributed by atoms with Gasteiger partial charge in [0.2, 0.25) is 6.29 Å². The fourth-order valence-corrected chi connectivity index (χ4v) is 3.87. The number of hydrogen-bond donors (Lipinski definition) is 4. The minimum Gasteiger partial charge on any atom is -0.504 e. The fraction of sp³-hybridized carbons (Fsp3) is 0.421. The van der Waals surface area contributed by atoms with Gasteiger partial charge >= 0.3 is 5.97 Å². The third kappa shape index (κ3) is 3.27. The lowest BCUT2D eigenvalue weighted by molar-refractivity contribution is -0.700. The maximum absolute atomic E-state index is 12.2. The third-order valence-electron chi connectivity index (χ3n) is 5.23. The first-order valence-electron chi connectivity index (χ1n) is 8.58. The van der Waals surface area contributed by atoms with Gasteiger partial charge in [-0.05, 0) is 17.7 Å². The number of esters is 1. The second kappa shape index (κ2) is 7.39. The molecule has 7 heteroatoms. The van der Waals surface area contributed by atoms with E-state index in [0.717, 1.165) is 24.1 Å². The molecule has 0 aromatic heterocycles. The number of methoxy groups -OCH3 is 1. The Morgan fingerprint density at radius 2 is 2.15 bits per heavy atom. The Bertz CT molecular complexity index is 744. The van der Waals surface area contributed by atoms with E-state index >= 15 is 0 Å². The molecule has 0 saturated carbocycles. The molecular weight excluding hydrogens is 338 g/mol. The molecule has 1 aromatic carbocycles. The van der Waals surface area contributed by atoms with Crippen LogP contribution in [0.5, 0.6) is 11.5 Å². The van der Waals surface area contributed by atoms with Crippen molar-refractivity contribution < 1.29 is 34.9 Å². The normalized spacial score (nSPS) is 27.7. The molecule has 2 heterocycles. The van der Waals surface area contributed by atoms with Crippen molar-refractivity contribution in [3.63, 3.8) is 0 Å². The second-order valence-electron chi connectivity index (χ2n) is 6.67. The van der Waals surface area contributed by atoms with Crippen LogP contribution in [0.2, 0.25) is 0 Å². The summed E-state index contributed by atoms with van der Waals surface area (Å²) in [6, 6.07) is 3.12. The molecule has 0 unspecified atom stereocenters. The molecule has 2 aliphatic rings. The summed E-state index contributed by atoms with van der Waals surface area (Å²) < 4.78 is 10.0. The Hall–Kier alpha value is -2.51. The number of nitrogens with two attached hydrogens (primary N) is 1. The van der Waals surface area contributed by atoms with E-state index in [0.29, 0.717) is 12.0 Å². The van der Waals surface area contributed by atoms with Crippen LogP contribution < -0.4 is 5.32 Å². The number of carbonyl (C=O) groups is 1. The van der Waals surface area contributed by atoms with Gasteiger partial charge in [-0.3, -0.25) is 0 Å². The highest BCUT2D eigenvalue weighted by molar-refractivity contribution is 5.89. The zero-order valence-corrected chi connectivity index (χ0v) is 14.6. The fourth-order valence-electron chi connectivity index (χ4n) is 3.87. The van der Waals surface area contributed by atoms with Crippen LogP contribution in [0.15, 0.2) is 36.6 Å². The largest absolute Gasteiger partial charge is 0.504 e. The Kier molecular flexibility index (Phi) is 5.20. The van der Waals surface area contributed by atoms with E-state index < -0.39 is 18.2 Å². The lowest BCUT2D eigenvalue weighted by Gasteiger charge is -2.35. The van der Waals surface area contributed by atoms with Crippen LogP contribution in [0.1, 0.15) is 23.6 Å². The quantitative estimate of drug-likeness (QED) is 0.352.